The molecule has 29 heavy (non-hydrogen) atoms. The van der Waals surface area contributed by atoms with Gasteiger partial charge < -0.3 is 14.3 Å². The van der Waals surface area contributed by atoms with Crippen LogP contribution in [0.2, 0.25) is 5.02 Å². The van der Waals surface area contributed by atoms with Crippen LogP contribution in [0.3, 0.4) is 0 Å². The normalized spacial score (nSPS) is 14.6. The lowest BCUT2D eigenvalue weighted by molar-refractivity contribution is -0.131. The maximum Gasteiger partial charge on any atom is 0.296 e. The Kier molecular flexibility index (Phi) is 5.27. The van der Waals surface area contributed by atoms with E-state index in [1.807, 2.05) is 29.2 Å². The fraction of sp³-hybridized carbons (Fsp3) is 0.400. The topological polar surface area (TPSA) is 84.5 Å². The molecule has 0 atom stereocenters. The first-order chi connectivity index (χ1) is 13.9. The lowest BCUT2D eigenvalue weighted by Crippen LogP contribution is -2.49. The average molecular weight is 416 g/mol. The van der Waals surface area contributed by atoms with E-state index in [0.717, 1.165) is 18.8 Å². The minimum atomic E-state index is -0.332. The Bertz CT molecular complexity index is 1110. The summed E-state index contributed by atoms with van der Waals surface area (Å²) in [5.41, 5.74) is 1.66. The standard InChI is InChI=1S/C20H22ClN5O3/c1-13-18-14(2)29-23-19(18)20(28)26(22-13)7-6-17(27)25-10-8-24(9-11-25)16-5-3-4-15(21)12-16/h3-5,12H,6-11H2,1-2H3. The highest BCUT2D eigenvalue weighted by atomic mass is 35.5. The summed E-state index contributed by atoms with van der Waals surface area (Å²) in [6.07, 6.45) is 0.214. The number of amides is 1. The van der Waals surface area contributed by atoms with Crippen molar-refractivity contribution in [2.75, 3.05) is 31.1 Å². The predicted octanol–water partition coefficient (Wildman–Crippen LogP) is 2.39. The Morgan fingerprint density at radius 2 is 1.97 bits per heavy atom. The fourth-order valence-electron chi connectivity index (χ4n) is 3.74. The number of aryl methyl sites for hydroxylation is 3. The van der Waals surface area contributed by atoms with Gasteiger partial charge in [-0.1, -0.05) is 22.8 Å². The zero-order valence-electron chi connectivity index (χ0n) is 16.4. The molecule has 0 saturated carbocycles. The highest BCUT2D eigenvalue weighted by molar-refractivity contribution is 6.30. The minimum Gasteiger partial charge on any atom is -0.368 e. The van der Waals surface area contributed by atoms with E-state index in [0.29, 0.717) is 35.0 Å². The van der Waals surface area contributed by atoms with Crippen molar-refractivity contribution >= 4 is 34.1 Å². The number of anilines is 1. The number of piperazine rings is 1. The fourth-order valence-corrected chi connectivity index (χ4v) is 3.93. The van der Waals surface area contributed by atoms with Crippen molar-refractivity contribution in [1.29, 1.82) is 0 Å². The Morgan fingerprint density at radius 1 is 1.21 bits per heavy atom. The molecule has 1 saturated heterocycles. The van der Waals surface area contributed by atoms with Crippen LogP contribution in [0, 0.1) is 13.8 Å². The SMILES string of the molecule is Cc1nn(CCC(=O)N2CCN(c3cccc(Cl)c3)CC2)c(=O)c2noc(C)c12. The summed E-state index contributed by atoms with van der Waals surface area (Å²) in [6.45, 7) is 6.53. The molecule has 152 valence electrons. The summed E-state index contributed by atoms with van der Waals surface area (Å²) in [7, 11) is 0. The number of rotatable bonds is 4. The molecule has 1 aliphatic heterocycles. The van der Waals surface area contributed by atoms with E-state index in [1.165, 1.54) is 4.68 Å². The maximum absolute atomic E-state index is 12.6. The summed E-state index contributed by atoms with van der Waals surface area (Å²) < 4.78 is 6.42. The molecule has 2 aromatic heterocycles. The number of fused-ring (bicyclic) bond motifs is 1. The van der Waals surface area contributed by atoms with Crippen LogP contribution in [0.15, 0.2) is 33.6 Å². The summed E-state index contributed by atoms with van der Waals surface area (Å²) in [5.74, 6) is 0.585. The summed E-state index contributed by atoms with van der Waals surface area (Å²) in [4.78, 5) is 29.2. The lowest BCUT2D eigenvalue weighted by Gasteiger charge is -2.36. The van der Waals surface area contributed by atoms with Crippen molar-refractivity contribution in [2.45, 2.75) is 26.8 Å². The molecule has 1 aromatic carbocycles. The van der Waals surface area contributed by atoms with Gasteiger partial charge in [0.25, 0.3) is 5.56 Å². The van der Waals surface area contributed by atoms with Crippen LogP contribution < -0.4 is 10.5 Å². The van der Waals surface area contributed by atoms with E-state index in [-0.39, 0.29) is 29.9 Å². The molecule has 3 heterocycles. The molecule has 8 nitrogen and oxygen atoms in total. The van der Waals surface area contributed by atoms with Crippen molar-refractivity contribution in [1.82, 2.24) is 19.8 Å². The summed E-state index contributed by atoms with van der Waals surface area (Å²) in [5, 5.41) is 9.51. The van der Waals surface area contributed by atoms with Crippen LogP contribution in [-0.4, -0.2) is 51.9 Å². The van der Waals surface area contributed by atoms with Crippen LogP contribution in [0.25, 0.3) is 10.9 Å². The van der Waals surface area contributed by atoms with Gasteiger partial charge in [-0.05, 0) is 32.0 Å². The molecule has 0 aliphatic carbocycles. The highest BCUT2D eigenvalue weighted by Crippen LogP contribution is 2.21. The van der Waals surface area contributed by atoms with Gasteiger partial charge in [-0.3, -0.25) is 9.59 Å². The number of benzene rings is 1. The Hall–Kier alpha value is -2.87. The third-order valence-corrected chi connectivity index (χ3v) is 5.51. The number of nitrogens with zero attached hydrogens (tertiary/aromatic N) is 5. The second-order valence-electron chi connectivity index (χ2n) is 7.17. The quantitative estimate of drug-likeness (QED) is 0.650. The first-order valence-electron chi connectivity index (χ1n) is 9.56. The second kappa shape index (κ2) is 7.87. The van der Waals surface area contributed by atoms with E-state index in [9.17, 15) is 9.59 Å². The third-order valence-electron chi connectivity index (χ3n) is 5.28. The molecular formula is C20H22ClN5O3. The number of hydrogen-bond donors (Lipinski definition) is 0. The van der Waals surface area contributed by atoms with E-state index in [1.54, 1.807) is 13.8 Å². The van der Waals surface area contributed by atoms with Gasteiger partial charge in [-0.15, -0.1) is 0 Å². The zero-order chi connectivity index (χ0) is 20.5. The van der Waals surface area contributed by atoms with E-state index in [4.69, 9.17) is 16.1 Å². The molecular weight excluding hydrogens is 394 g/mol. The van der Waals surface area contributed by atoms with E-state index >= 15 is 0 Å². The third kappa shape index (κ3) is 3.85. The van der Waals surface area contributed by atoms with Crippen molar-refractivity contribution in [2.24, 2.45) is 0 Å². The monoisotopic (exact) mass is 415 g/mol. The Balaban J connectivity index is 1.38. The highest BCUT2D eigenvalue weighted by Gasteiger charge is 2.22. The number of carbonyl (C=O) groups is 1. The van der Waals surface area contributed by atoms with E-state index < -0.39 is 0 Å². The smallest absolute Gasteiger partial charge is 0.296 e. The van der Waals surface area contributed by atoms with Gasteiger partial charge in [0.1, 0.15) is 5.76 Å². The van der Waals surface area contributed by atoms with Crippen LogP contribution in [0.4, 0.5) is 5.69 Å². The van der Waals surface area contributed by atoms with Gasteiger partial charge in [0.2, 0.25) is 5.91 Å². The van der Waals surface area contributed by atoms with Gasteiger partial charge in [0.15, 0.2) is 5.52 Å². The molecule has 9 heteroatoms. The van der Waals surface area contributed by atoms with Crippen LogP contribution in [0.1, 0.15) is 17.9 Å². The Morgan fingerprint density at radius 3 is 2.69 bits per heavy atom. The van der Waals surface area contributed by atoms with Crippen LogP contribution >= 0.6 is 11.6 Å². The van der Waals surface area contributed by atoms with Gasteiger partial charge in [0.05, 0.1) is 17.6 Å². The van der Waals surface area contributed by atoms with Gasteiger partial charge in [-0.2, -0.15) is 5.10 Å². The summed E-state index contributed by atoms with van der Waals surface area (Å²) in [6, 6.07) is 7.72. The van der Waals surface area contributed by atoms with Crippen molar-refractivity contribution in [3.05, 3.63) is 51.1 Å². The molecule has 0 spiro atoms. The second-order valence-corrected chi connectivity index (χ2v) is 7.61. The summed E-state index contributed by atoms with van der Waals surface area (Å²) >= 11 is 6.07. The zero-order valence-corrected chi connectivity index (χ0v) is 17.1. The first-order valence-corrected chi connectivity index (χ1v) is 9.94. The van der Waals surface area contributed by atoms with Gasteiger partial charge >= 0.3 is 0 Å². The molecule has 4 rings (SSSR count). The average Bonchev–Trinajstić information content (AvgIpc) is 3.12. The van der Waals surface area contributed by atoms with Crippen LogP contribution in [-0.2, 0) is 11.3 Å². The van der Waals surface area contributed by atoms with Crippen molar-refractivity contribution in [3.63, 3.8) is 0 Å². The predicted molar refractivity (Wildman–Crippen MR) is 110 cm³/mol. The lowest BCUT2D eigenvalue weighted by atomic mass is 10.2. The first kappa shape index (κ1) is 19.4. The molecule has 1 aliphatic rings. The Labute approximate surface area is 172 Å². The largest absolute Gasteiger partial charge is 0.368 e. The molecule has 1 fully saturated rings. The van der Waals surface area contributed by atoms with Crippen molar-refractivity contribution in [3.8, 4) is 0 Å². The van der Waals surface area contributed by atoms with Crippen LogP contribution in [0.5, 0.6) is 0 Å². The molecule has 0 bridgehead atoms. The number of hydrogen-bond acceptors (Lipinski definition) is 6. The molecule has 0 N–H and O–H groups in total. The van der Waals surface area contributed by atoms with Gasteiger partial charge in [0, 0.05) is 43.3 Å². The molecule has 3 aromatic rings. The number of halogens is 1. The molecule has 1 amide bonds. The maximum atomic E-state index is 12.6. The van der Waals surface area contributed by atoms with E-state index in [2.05, 4.69) is 15.2 Å². The molecule has 0 radical (unpaired) electrons. The number of aromatic nitrogens is 3. The molecule has 0 unspecified atom stereocenters. The van der Waals surface area contributed by atoms with Crippen molar-refractivity contribution < 1.29 is 9.32 Å². The number of carbonyl (C=O) groups excluding carboxylic acids is 1. The minimum absolute atomic E-state index is 0.0125. The van der Waals surface area contributed by atoms with Gasteiger partial charge in [-0.25, -0.2) is 4.68 Å².